The van der Waals surface area contributed by atoms with Crippen molar-refractivity contribution in [1.29, 1.82) is 0 Å². The van der Waals surface area contributed by atoms with Gasteiger partial charge in [0.15, 0.2) is 5.15 Å². The van der Waals surface area contributed by atoms with Crippen molar-refractivity contribution in [3.63, 3.8) is 0 Å². The molecule has 2 N–H and O–H groups in total. The molecule has 1 aromatic rings. The third-order valence-electron chi connectivity index (χ3n) is 1.95. The molecule has 1 heterocycles. The first-order valence-electron chi connectivity index (χ1n) is 4.83. The monoisotopic (exact) mass is 279 g/mol. The zero-order chi connectivity index (χ0) is 12.9. The van der Waals surface area contributed by atoms with E-state index in [0.29, 0.717) is 12.2 Å². The van der Waals surface area contributed by atoms with Gasteiger partial charge in [0.2, 0.25) is 0 Å². The van der Waals surface area contributed by atoms with E-state index in [0.717, 1.165) is 0 Å². The van der Waals surface area contributed by atoms with Gasteiger partial charge in [0.25, 0.3) is 10.2 Å². The number of pyridine rings is 1. The summed E-state index contributed by atoms with van der Waals surface area (Å²) in [4.78, 5) is 3.81. The maximum absolute atomic E-state index is 11.6. The fourth-order valence-corrected chi connectivity index (χ4v) is 2.36. The van der Waals surface area contributed by atoms with Gasteiger partial charge >= 0.3 is 0 Å². The summed E-state index contributed by atoms with van der Waals surface area (Å²) in [7, 11) is -2.17. The highest BCUT2D eigenvalue weighted by Gasteiger charge is 2.13. The molecule has 0 aliphatic rings. The number of rotatable bonds is 6. The van der Waals surface area contributed by atoms with Gasteiger partial charge in [-0.1, -0.05) is 11.6 Å². The van der Waals surface area contributed by atoms with E-state index >= 15 is 0 Å². The Hall–Kier alpha value is -0.890. The van der Waals surface area contributed by atoms with E-state index in [9.17, 15) is 8.42 Å². The summed E-state index contributed by atoms with van der Waals surface area (Å²) in [6.07, 6.45) is 1.51. The molecule has 0 aliphatic carbocycles. The second-order valence-corrected chi connectivity index (χ2v) is 5.14. The Labute approximate surface area is 106 Å². The molecule has 0 radical (unpaired) electrons. The molecular weight excluding hydrogens is 266 g/mol. The summed E-state index contributed by atoms with van der Waals surface area (Å²) in [5.41, 5.74) is 0.973. The predicted octanol–water partition coefficient (Wildman–Crippen LogP) is 0.936. The molecule has 0 aromatic carbocycles. The highest BCUT2D eigenvalue weighted by atomic mass is 35.5. The average Bonchev–Trinajstić information content (AvgIpc) is 2.24. The molecule has 0 amide bonds. The van der Waals surface area contributed by atoms with Crippen LogP contribution in [0.3, 0.4) is 0 Å². The predicted molar refractivity (Wildman–Crippen MR) is 66.4 cm³/mol. The minimum atomic E-state index is -3.66. The van der Waals surface area contributed by atoms with Crippen molar-refractivity contribution in [3.8, 4) is 0 Å². The van der Waals surface area contributed by atoms with Crippen LogP contribution < -0.4 is 9.44 Å². The van der Waals surface area contributed by atoms with Gasteiger partial charge in [-0.05, 0) is 18.6 Å². The molecule has 6 nitrogen and oxygen atoms in total. The number of aromatic nitrogens is 1. The summed E-state index contributed by atoms with van der Waals surface area (Å²) >= 11 is 5.81. The number of hydrogen-bond donors (Lipinski definition) is 2. The average molecular weight is 280 g/mol. The first kappa shape index (κ1) is 14.2. The maximum atomic E-state index is 11.6. The van der Waals surface area contributed by atoms with Crippen LogP contribution >= 0.6 is 11.6 Å². The molecular formula is C9H14ClN3O3S. The van der Waals surface area contributed by atoms with Crippen molar-refractivity contribution in [3.05, 3.63) is 23.0 Å². The van der Waals surface area contributed by atoms with Crippen molar-refractivity contribution < 1.29 is 13.2 Å². The van der Waals surface area contributed by atoms with Crippen molar-refractivity contribution >= 4 is 27.5 Å². The molecule has 96 valence electrons. The number of halogens is 1. The normalized spacial score (nSPS) is 11.5. The molecule has 0 bridgehead atoms. The first-order valence-corrected chi connectivity index (χ1v) is 6.70. The molecule has 0 spiro atoms. The standard InChI is InChI=1S/C9H14ClN3O3S/c1-7-3-4-11-9(10)8(7)13-17(14,15)12-5-6-16-2/h3-4,12-13H,5-6H2,1-2H3. The Morgan fingerprint density at radius 2 is 2.24 bits per heavy atom. The summed E-state index contributed by atoms with van der Waals surface area (Å²) < 4.78 is 32.6. The van der Waals surface area contributed by atoms with Crippen LogP contribution in [0, 0.1) is 6.92 Å². The van der Waals surface area contributed by atoms with Crippen LogP contribution in [0.5, 0.6) is 0 Å². The van der Waals surface area contributed by atoms with Crippen LogP contribution in [0.25, 0.3) is 0 Å². The highest BCUT2D eigenvalue weighted by molar-refractivity contribution is 7.90. The lowest BCUT2D eigenvalue weighted by Crippen LogP contribution is -2.33. The molecule has 0 unspecified atom stereocenters. The van der Waals surface area contributed by atoms with Gasteiger partial charge in [-0.3, -0.25) is 4.72 Å². The van der Waals surface area contributed by atoms with Gasteiger partial charge in [-0.2, -0.15) is 13.1 Å². The lowest BCUT2D eigenvalue weighted by Gasteiger charge is -2.11. The van der Waals surface area contributed by atoms with Crippen LogP contribution in [0.1, 0.15) is 5.56 Å². The molecule has 0 saturated carbocycles. The smallest absolute Gasteiger partial charge is 0.299 e. The summed E-state index contributed by atoms with van der Waals surface area (Å²) in [5.74, 6) is 0. The Bertz CT molecular complexity index is 458. The lowest BCUT2D eigenvalue weighted by atomic mass is 10.3. The topological polar surface area (TPSA) is 80.3 Å². The summed E-state index contributed by atoms with van der Waals surface area (Å²) in [6, 6.07) is 1.67. The van der Waals surface area contributed by atoms with Gasteiger partial charge in [0.1, 0.15) is 0 Å². The second kappa shape index (κ2) is 6.15. The molecule has 1 aromatic heterocycles. The number of anilines is 1. The van der Waals surface area contributed by atoms with Crippen LogP contribution in [-0.2, 0) is 14.9 Å². The third kappa shape index (κ3) is 4.47. The van der Waals surface area contributed by atoms with Gasteiger partial charge in [-0.25, -0.2) is 4.98 Å². The SMILES string of the molecule is COCCNS(=O)(=O)Nc1c(C)ccnc1Cl. The zero-order valence-corrected chi connectivity index (χ0v) is 11.1. The number of methoxy groups -OCH3 is 1. The second-order valence-electron chi connectivity index (χ2n) is 3.29. The van der Waals surface area contributed by atoms with Crippen LogP contribution in [0.2, 0.25) is 5.15 Å². The fourth-order valence-electron chi connectivity index (χ4n) is 1.10. The van der Waals surface area contributed by atoms with Crippen LogP contribution in [0.4, 0.5) is 5.69 Å². The van der Waals surface area contributed by atoms with E-state index in [1.54, 1.807) is 13.0 Å². The number of nitrogens with one attached hydrogen (secondary N) is 2. The minimum absolute atomic E-state index is 0.113. The van der Waals surface area contributed by atoms with E-state index in [2.05, 4.69) is 14.4 Å². The molecule has 0 fully saturated rings. The Balaban J connectivity index is 2.76. The molecule has 0 atom stereocenters. The third-order valence-corrected chi connectivity index (χ3v) is 3.29. The van der Waals surface area contributed by atoms with Crippen LogP contribution in [-0.4, -0.2) is 33.7 Å². The lowest BCUT2D eigenvalue weighted by molar-refractivity contribution is 0.204. The Morgan fingerprint density at radius 3 is 2.82 bits per heavy atom. The summed E-state index contributed by atoms with van der Waals surface area (Å²) in [6.45, 7) is 2.21. The van der Waals surface area contributed by atoms with Crippen LogP contribution in [0.15, 0.2) is 12.3 Å². The van der Waals surface area contributed by atoms with Gasteiger partial charge in [-0.15, -0.1) is 0 Å². The molecule has 0 saturated heterocycles. The number of aryl methyl sites for hydroxylation is 1. The van der Waals surface area contributed by atoms with Gasteiger partial charge < -0.3 is 4.74 Å². The fraction of sp³-hybridized carbons (Fsp3) is 0.444. The first-order chi connectivity index (χ1) is 7.96. The summed E-state index contributed by atoms with van der Waals surface area (Å²) in [5, 5.41) is 0.113. The molecule has 17 heavy (non-hydrogen) atoms. The van der Waals surface area contributed by atoms with E-state index in [-0.39, 0.29) is 17.4 Å². The largest absolute Gasteiger partial charge is 0.383 e. The van der Waals surface area contributed by atoms with E-state index < -0.39 is 10.2 Å². The van der Waals surface area contributed by atoms with Crippen molar-refractivity contribution in [1.82, 2.24) is 9.71 Å². The quantitative estimate of drug-likeness (QED) is 0.600. The number of hydrogen-bond acceptors (Lipinski definition) is 4. The Morgan fingerprint density at radius 1 is 1.53 bits per heavy atom. The Kier molecular flexibility index (Phi) is 5.13. The maximum Gasteiger partial charge on any atom is 0.299 e. The van der Waals surface area contributed by atoms with E-state index in [1.165, 1.54) is 13.3 Å². The number of nitrogens with zero attached hydrogens (tertiary/aromatic N) is 1. The van der Waals surface area contributed by atoms with Crippen molar-refractivity contribution in [2.45, 2.75) is 6.92 Å². The van der Waals surface area contributed by atoms with E-state index in [1.807, 2.05) is 0 Å². The van der Waals surface area contributed by atoms with E-state index in [4.69, 9.17) is 16.3 Å². The van der Waals surface area contributed by atoms with Gasteiger partial charge in [0, 0.05) is 19.9 Å². The van der Waals surface area contributed by atoms with Gasteiger partial charge in [0.05, 0.1) is 12.3 Å². The highest BCUT2D eigenvalue weighted by Crippen LogP contribution is 2.23. The van der Waals surface area contributed by atoms with Crippen molar-refractivity contribution in [2.24, 2.45) is 0 Å². The molecule has 8 heteroatoms. The number of ether oxygens (including phenoxy) is 1. The molecule has 0 aliphatic heterocycles. The molecule has 1 rings (SSSR count). The minimum Gasteiger partial charge on any atom is -0.383 e. The zero-order valence-electron chi connectivity index (χ0n) is 9.53. The van der Waals surface area contributed by atoms with Crippen molar-refractivity contribution in [2.75, 3.05) is 25.0 Å².